The first kappa shape index (κ1) is 31.8. The van der Waals surface area contributed by atoms with Crippen LogP contribution in [0.5, 0.6) is 0 Å². The predicted octanol–water partition coefficient (Wildman–Crippen LogP) is -7.02. The third kappa shape index (κ3) is 16.9. The Morgan fingerprint density at radius 3 is 1.19 bits per heavy atom. The molecule has 2 unspecified atom stereocenters. The Morgan fingerprint density at radius 2 is 0.968 bits per heavy atom. The molecule has 0 saturated carbocycles. The summed E-state index contributed by atoms with van der Waals surface area (Å²) in [5.41, 5.74) is 0. The smallest absolute Gasteiger partial charge is 1.00 e. The first-order chi connectivity index (χ1) is 13.6. The van der Waals surface area contributed by atoms with E-state index in [4.69, 9.17) is 9.11 Å². The van der Waals surface area contributed by atoms with E-state index in [-0.39, 0.29) is 57.2 Å². The van der Waals surface area contributed by atoms with Gasteiger partial charge in [-0.1, -0.05) is 0 Å². The molecule has 0 aromatic heterocycles. The molecular weight excluding hydrogens is 479 g/mol. The molecule has 0 fully saturated rings. The summed E-state index contributed by atoms with van der Waals surface area (Å²) < 4.78 is 70.0. The van der Waals surface area contributed by atoms with E-state index in [1.54, 1.807) is 0 Å². The minimum Gasteiger partial charge on any atom is -1.00 e. The predicted molar refractivity (Wildman–Crippen MR) is 97.3 cm³/mol. The van der Waals surface area contributed by atoms with Crippen molar-refractivity contribution < 1.29 is 84.5 Å². The van der Waals surface area contributed by atoms with E-state index in [1.165, 1.54) is 13.8 Å². The van der Waals surface area contributed by atoms with E-state index in [2.05, 4.69) is 19.0 Å². The maximum Gasteiger partial charge on any atom is 1.00 e. The summed E-state index contributed by atoms with van der Waals surface area (Å²) in [4.78, 5) is 46.0. The Balaban J connectivity index is -0.00000420. The molecule has 6 N–H and O–H groups in total. The van der Waals surface area contributed by atoms with E-state index >= 15 is 0 Å². The molecule has 0 bridgehead atoms. The van der Waals surface area contributed by atoms with Gasteiger partial charge < -0.3 is 22.7 Å². The second-order valence-electron chi connectivity index (χ2n) is 5.44. The molecule has 0 aliphatic rings. The third-order valence-corrected chi connectivity index (χ3v) is 3.74. The summed E-state index contributed by atoms with van der Waals surface area (Å²) >= 11 is 0. The fourth-order valence-electron chi connectivity index (χ4n) is 1.77. The normalized spacial score (nSPS) is 13.2. The number of nitrogens with one attached hydrogen (secondary N) is 4. The average molecular weight is 502 g/mol. The van der Waals surface area contributed by atoms with Gasteiger partial charge in [0.05, 0.1) is 0 Å². The number of carbonyl (C=O) groups is 4. The van der Waals surface area contributed by atoms with Crippen LogP contribution in [0, 0.1) is 0 Å². The van der Waals surface area contributed by atoms with E-state index < -0.39 is 56.6 Å². The molecule has 4 amide bonds. The minimum atomic E-state index is -5.41. The van der Waals surface area contributed by atoms with Crippen molar-refractivity contribution in [2.45, 2.75) is 26.1 Å². The van der Waals surface area contributed by atoms with Crippen molar-refractivity contribution in [1.29, 1.82) is 0 Å². The Bertz CT molecular complexity index is 784. The molecule has 0 spiro atoms. The van der Waals surface area contributed by atoms with Crippen molar-refractivity contribution in [3.8, 4) is 0 Å². The second-order valence-corrected chi connectivity index (χ2v) is 7.53. The van der Waals surface area contributed by atoms with E-state index in [1.807, 2.05) is 10.6 Å². The number of amides is 4. The number of hydrogen-bond donors (Lipinski definition) is 6. The first-order valence-electron chi connectivity index (χ1n) is 7.98. The second kappa shape index (κ2) is 14.6. The van der Waals surface area contributed by atoms with Gasteiger partial charge in [0.2, 0.25) is 11.8 Å². The Labute approximate surface area is 201 Å². The van der Waals surface area contributed by atoms with Crippen LogP contribution in [0.1, 0.15) is 15.3 Å². The van der Waals surface area contributed by atoms with Crippen LogP contribution in [0.4, 0.5) is 0 Å². The molecule has 0 aromatic carbocycles. The van der Waals surface area contributed by atoms with Crippen LogP contribution in [-0.2, 0) is 48.3 Å². The maximum absolute atomic E-state index is 12.2. The maximum atomic E-state index is 12.2. The summed E-state index contributed by atoms with van der Waals surface area (Å²) in [6.45, 7) is 1.46. The zero-order valence-electron chi connectivity index (χ0n) is 17.8. The molecule has 0 aromatic rings. The molecule has 0 saturated heterocycles. The van der Waals surface area contributed by atoms with Gasteiger partial charge >= 0.3 is 50.4 Å². The van der Waals surface area contributed by atoms with Gasteiger partial charge in [0, 0.05) is 40.0 Å². The van der Waals surface area contributed by atoms with E-state index in [0.717, 1.165) is 0 Å². The summed E-state index contributed by atoms with van der Waals surface area (Å²) in [5, 5.41) is 8.59. The first-order valence-corrected chi connectivity index (χ1v) is 10.7. The van der Waals surface area contributed by atoms with Crippen molar-refractivity contribution in [3.05, 3.63) is 0 Å². The van der Waals surface area contributed by atoms with Crippen molar-refractivity contribution in [2.24, 2.45) is 0 Å². The van der Waals surface area contributed by atoms with Gasteiger partial charge in [-0.05, 0) is 0 Å². The van der Waals surface area contributed by atoms with Gasteiger partial charge in [-0.15, -0.1) is 0 Å². The Morgan fingerprint density at radius 1 is 0.710 bits per heavy atom. The van der Waals surface area contributed by atoms with E-state index in [0.29, 0.717) is 0 Å². The molecule has 0 radical (unpaired) electrons. The third-order valence-electron chi connectivity index (χ3n) is 2.84. The fourth-order valence-corrected chi connectivity index (χ4v) is 2.68. The molecule has 16 nitrogen and oxygen atoms in total. The molecular formula is C12H23N4NaO12S2. The van der Waals surface area contributed by atoms with Crippen LogP contribution >= 0.6 is 0 Å². The monoisotopic (exact) mass is 502 g/mol. The van der Waals surface area contributed by atoms with Crippen molar-refractivity contribution in [1.82, 2.24) is 21.3 Å². The van der Waals surface area contributed by atoms with Crippen LogP contribution in [0.2, 0.25) is 0 Å². The molecule has 0 aliphatic carbocycles. The van der Waals surface area contributed by atoms with Gasteiger partial charge in [0.1, 0.15) is 0 Å². The van der Waals surface area contributed by atoms with Crippen molar-refractivity contribution >= 4 is 44.4 Å². The van der Waals surface area contributed by atoms with Gasteiger partial charge in [-0.25, -0.2) is 8.37 Å². The molecule has 0 heterocycles. The van der Waals surface area contributed by atoms with Crippen LogP contribution in [0.25, 0.3) is 0 Å². The summed E-state index contributed by atoms with van der Waals surface area (Å²) in [7, 11) is -10.8. The molecule has 19 heteroatoms. The summed E-state index contributed by atoms with van der Waals surface area (Å²) in [6.07, 6.45) is -5.19. The summed E-state index contributed by atoms with van der Waals surface area (Å²) in [6, 6.07) is 0. The van der Waals surface area contributed by atoms with Gasteiger partial charge in [0.25, 0.3) is 11.8 Å². The van der Waals surface area contributed by atoms with E-state index in [9.17, 15) is 36.0 Å². The van der Waals surface area contributed by atoms with Gasteiger partial charge in [0.15, 0.2) is 12.2 Å². The zero-order valence-corrected chi connectivity index (χ0v) is 20.4. The van der Waals surface area contributed by atoms with Crippen molar-refractivity contribution in [2.75, 3.05) is 26.2 Å². The number of hydrogen-bond acceptors (Lipinski definition) is 10. The summed E-state index contributed by atoms with van der Waals surface area (Å²) in [5.74, 6) is -3.80. The Hall–Kier alpha value is -1.38. The van der Waals surface area contributed by atoms with Crippen LogP contribution in [0.15, 0.2) is 0 Å². The molecule has 31 heavy (non-hydrogen) atoms. The number of rotatable bonds is 13. The standard InChI is InChI=1S/C12H22N4O12S2.Na.H/c1-7(17)13-3-5-15-11(19)9(27-29(21,22)23)10(28-30(24,25)26)12(20)16-6-4-14-8(2)18;;/h9-10H,3-6H2,1-2H3,(H,13,17)(H,14,18)(H,15,19)(H,16,20)(H,21,22,23)(H,24,25,26);;/q;+1;-1. The fraction of sp³-hybridized carbons (Fsp3) is 0.667. The molecule has 0 aliphatic heterocycles. The minimum absolute atomic E-state index is 0. The topological polar surface area (TPSA) is 244 Å². The largest absolute Gasteiger partial charge is 1.00 e. The average Bonchev–Trinajstić information content (AvgIpc) is 2.56. The van der Waals surface area contributed by atoms with Crippen LogP contribution in [0.3, 0.4) is 0 Å². The Kier molecular flexibility index (Phi) is 15.0. The quantitative estimate of drug-likeness (QED) is 0.0781. The van der Waals surface area contributed by atoms with Crippen LogP contribution in [-0.4, -0.2) is 88.0 Å². The van der Waals surface area contributed by atoms with Crippen LogP contribution < -0.4 is 50.8 Å². The van der Waals surface area contributed by atoms with Crippen molar-refractivity contribution in [3.63, 3.8) is 0 Å². The zero-order chi connectivity index (χ0) is 23.5. The SMILES string of the molecule is CC(=O)NCCNC(=O)C(OS(=O)(=O)O)C(OS(=O)(=O)O)C(=O)NCCNC(C)=O.[H-].[Na+]. The molecule has 2 atom stereocenters. The van der Waals surface area contributed by atoms with Gasteiger partial charge in [-0.3, -0.25) is 28.3 Å². The number of carbonyl (C=O) groups excluding carboxylic acids is 4. The molecule has 0 rings (SSSR count). The molecule has 176 valence electrons. The van der Waals surface area contributed by atoms with Gasteiger partial charge in [-0.2, -0.15) is 16.8 Å².